The number of rotatable bonds is 6. The Kier molecular flexibility index (Phi) is 5.13. The monoisotopic (exact) mass is 308 g/mol. The highest BCUT2D eigenvalue weighted by Gasteiger charge is 2.06. The lowest BCUT2D eigenvalue weighted by Gasteiger charge is -2.16. The van der Waals surface area contributed by atoms with Crippen molar-refractivity contribution in [1.82, 2.24) is 19.9 Å². The summed E-state index contributed by atoms with van der Waals surface area (Å²) in [5.74, 6) is 1.57. The van der Waals surface area contributed by atoms with Crippen LogP contribution in [0.4, 0.5) is 11.9 Å². The van der Waals surface area contributed by atoms with Crippen LogP contribution in [0.2, 0.25) is 5.02 Å². The van der Waals surface area contributed by atoms with E-state index in [9.17, 15) is 0 Å². The molecule has 0 fully saturated rings. The van der Waals surface area contributed by atoms with Gasteiger partial charge in [-0.1, -0.05) is 11.6 Å². The molecule has 0 bridgehead atoms. The molecular formula is C13H17ClN6O. The van der Waals surface area contributed by atoms with Crippen LogP contribution in [0.1, 0.15) is 5.82 Å². The molecule has 8 heteroatoms. The largest absolute Gasteiger partial charge is 0.492 e. The number of nitrogens with zero attached hydrogens (tertiary/aromatic N) is 4. The maximum atomic E-state index is 5.81. The zero-order chi connectivity index (χ0) is 15.2. The van der Waals surface area contributed by atoms with Crippen LogP contribution in [0.25, 0.3) is 0 Å². The molecule has 0 saturated heterocycles. The molecule has 4 N–H and O–H groups in total. The zero-order valence-electron chi connectivity index (χ0n) is 11.7. The van der Waals surface area contributed by atoms with Gasteiger partial charge in [-0.15, -0.1) is 0 Å². The van der Waals surface area contributed by atoms with Crippen LogP contribution in [-0.2, 0) is 6.54 Å². The van der Waals surface area contributed by atoms with Crippen molar-refractivity contribution in [3.8, 4) is 5.75 Å². The summed E-state index contributed by atoms with van der Waals surface area (Å²) in [7, 11) is 1.93. The molecule has 0 saturated carbocycles. The lowest BCUT2D eigenvalue weighted by molar-refractivity contribution is 0.230. The average molecular weight is 309 g/mol. The molecule has 0 radical (unpaired) electrons. The Hall–Kier alpha value is -2.12. The molecule has 0 spiro atoms. The molecule has 21 heavy (non-hydrogen) atoms. The van der Waals surface area contributed by atoms with Crippen LogP contribution in [0, 0.1) is 0 Å². The zero-order valence-corrected chi connectivity index (χ0v) is 12.4. The summed E-state index contributed by atoms with van der Waals surface area (Å²) in [6, 6.07) is 7.24. The average Bonchev–Trinajstić information content (AvgIpc) is 2.39. The lowest BCUT2D eigenvalue weighted by atomic mass is 10.3. The fraction of sp³-hybridized carbons (Fsp3) is 0.308. The highest BCUT2D eigenvalue weighted by atomic mass is 35.5. The Morgan fingerprint density at radius 1 is 1.10 bits per heavy atom. The summed E-state index contributed by atoms with van der Waals surface area (Å²) in [6.45, 7) is 1.75. The van der Waals surface area contributed by atoms with Gasteiger partial charge in [-0.05, 0) is 31.3 Å². The minimum atomic E-state index is 0.128. The summed E-state index contributed by atoms with van der Waals surface area (Å²) in [6.07, 6.45) is 0. The number of likely N-dealkylation sites (N-methyl/N-ethyl adjacent to an activating group) is 1. The fourth-order valence-corrected chi connectivity index (χ4v) is 1.82. The van der Waals surface area contributed by atoms with Crippen LogP contribution in [0.3, 0.4) is 0 Å². The van der Waals surface area contributed by atoms with E-state index in [2.05, 4.69) is 15.0 Å². The Bertz CT molecular complexity index is 571. The number of aromatic nitrogens is 3. The molecule has 1 aromatic carbocycles. The molecule has 1 heterocycles. The summed E-state index contributed by atoms with van der Waals surface area (Å²) in [5, 5.41) is 0.685. The van der Waals surface area contributed by atoms with Gasteiger partial charge in [0, 0.05) is 11.6 Å². The third kappa shape index (κ3) is 5.05. The topological polar surface area (TPSA) is 103 Å². The highest BCUT2D eigenvalue weighted by molar-refractivity contribution is 6.30. The molecule has 0 unspecified atom stereocenters. The normalized spacial score (nSPS) is 10.8. The van der Waals surface area contributed by atoms with Gasteiger partial charge < -0.3 is 16.2 Å². The van der Waals surface area contributed by atoms with E-state index in [0.717, 1.165) is 5.75 Å². The van der Waals surface area contributed by atoms with E-state index in [0.29, 0.717) is 30.5 Å². The number of hydrogen-bond acceptors (Lipinski definition) is 7. The van der Waals surface area contributed by atoms with Gasteiger partial charge in [0.25, 0.3) is 0 Å². The Balaban J connectivity index is 1.79. The summed E-state index contributed by atoms with van der Waals surface area (Å²) < 4.78 is 5.61. The number of halogens is 1. The first kappa shape index (κ1) is 15.3. The summed E-state index contributed by atoms with van der Waals surface area (Å²) in [4.78, 5) is 13.8. The van der Waals surface area contributed by atoms with E-state index in [1.807, 2.05) is 24.1 Å². The SMILES string of the molecule is CN(CCOc1ccc(Cl)cc1)Cc1nc(N)nc(N)n1. The minimum absolute atomic E-state index is 0.128. The Morgan fingerprint density at radius 3 is 2.33 bits per heavy atom. The van der Waals surface area contributed by atoms with Crippen LogP contribution in [0.15, 0.2) is 24.3 Å². The molecular weight excluding hydrogens is 292 g/mol. The predicted octanol–water partition coefficient (Wildman–Crippen LogP) is 1.20. The van der Waals surface area contributed by atoms with Crippen LogP contribution in [0.5, 0.6) is 5.75 Å². The van der Waals surface area contributed by atoms with E-state index in [1.165, 1.54) is 0 Å². The van der Waals surface area contributed by atoms with Gasteiger partial charge in [-0.2, -0.15) is 15.0 Å². The summed E-state index contributed by atoms with van der Waals surface area (Å²) in [5.41, 5.74) is 11.1. The van der Waals surface area contributed by atoms with Crippen LogP contribution >= 0.6 is 11.6 Å². The van der Waals surface area contributed by atoms with Crippen molar-refractivity contribution in [1.29, 1.82) is 0 Å². The smallest absolute Gasteiger partial charge is 0.225 e. The van der Waals surface area contributed by atoms with Crippen molar-refractivity contribution in [2.75, 3.05) is 31.7 Å². The van der Waals surface area contributed by atoms with Gasteiger partial charge in [0.1, 0.15) is 18.2 Å². The number of benzene rings is 1. The molecule has 2 aromatic rings. The lowest BCUT2D eigenvalue weighted by Crippen LogP contribution is -2.25. The molecule has 0 atom stereocenters. The van der Waals surface area contributed by atoms with E-state index in [4.69, 9.17) is 27.8 Å². The van der Waals surface area contributed by atoms with Crippen molar-refractivity contribution in [2.45, 2.75) is 6.54 Å². The van der Waals surface area contributed by atoms with E-state index < -0.39 is 0 Å². The highest BCUT2D eigenvalue weighted by Crippen LogP contribution is 2.15. The van der Waals surface area contributed by atoms with Crippen molar-refractivity contribution >= 4 is 23.5 Å². The Labute approximate surface area is 127 Å². The van der Waals surface area contributed by atoms with Crippen molar-refractivity contribution in [2.24, 2.45) is 0 Å². The van der Waals surface area contributed by atoms with E-state index in [-0.39, 0.29) is 11.9 Å². The predicted molar refractivity (Wildman–Crippen MR) is 81.9 cm³/mol. The number of nitrogen functional groups attached to an aromatic ring is 2. The first-order chi connectivity index (χ1) is 10.0. The van der Waals surface area contributed by atoms with Crippen molar-refractivity contribution < 1.29 is 4.74 Å². The maximum Gasteiger partial charge on any atom is 0.225 e. The molecule has 2 rings (SSSR count). The fourth-order valence-electron chi connectivity index (χ4n) is 1.70. The molecule has 112 valence electrons. The standard InChI is InChI=1S/C13H17ClN6O/c1-20(8-11-17-12(15)19-13(16)18-11)6-7-21-10-4-2-9(14)3-5-10/h2-5H,6-8H2,1H3,(H4,15,16,17,18,19). The molecule has 1 aromatic heterocycles. The van der Waals surface area contributed by atoms with E-state index >= 15 is 0 Å². The van der Waals surface area contributed by atoms with Gasteiger partial charge in [-0.25, -0.2) is 0 Å². The second-order valence-electron chi connectivity index (χ2n) is 4.51. The quantitative estimate of drug-likeness (QED) is 0.826. The molecule has 0 amide bonds. The number of hydrogen-bond donors (Lipinski definition) is 2. The minimum Gasteiger partial charge on any atom is -0.492 e. The molecule has 0 aliphatic rings. The van der Waals surface area contributed by atoms with Crippen molar-refractivity contribution in [3.63, 3.8) is 0 Å². The third-order valence-corrected chi connectivity index (χ3v) is 2.94. The van der Waals surface area contributed by atoms with E-state index in [1.54, 1.807) is 12.1 Å². The van der Waals surface area contributed by atoms with Crippen LogP contribution in [-0.4, -0.2) is 40.1 Å². The first-order valence-electron chi connectivity index (χ1n) is 6.36. The van der Waals surface area contributed by atoms with Gasteiger partial charge in [0.15, 0.2) is 0 Å². The second kappa shape index (κ2) is 7.05. The molecule has 7 nitrogen and oxygen atoms in total. The second-order valence-corrected chi connectivity index (χ2v) is 4.94. The van der Waals surface area contributed by atoms with Gasteiger partial charge in [0.2, 0.25) is 11.9 Å². The summed E-state index contributed by atoms with van der Waals surface area (Å²) >= 11 is 5.81. The van der Waals surface area contributed by atoms with Crippen LogP contribution < -0.4 is 16.2 Å². The number of anilines is 2. The van der Waals surface area contributed by atoms with Gasteiger partial charge >= 0.3 is 0 Å². The maximum absolute atomic E-state index is 5.81. The first-order valence-corrected chi connectivity index (χ1v) is 6.73. The Morgan fingerprint density at radius 2 is 1.71 bits per heavy atom. The van der Waals surface area contributed by atoms with Gasteiger partial charge in [-0.3, -0.25) is 4.90 Å². The van der Waals surface area contributed by atoms with Crippen molar-refractivity contribution in [3.05, 3.63) is 35.1 Å². The number of ether oxygens (including phenoxy) is 1. The number of nitrogens with two attached hydrogens (primary N) is 2. The van der Waals surface area contributed by atoms with Gasteiger partial charge in [0.05, 0.1) is 6.54 Å². The molecule has 0 aliphatic carbocycles. The third-order valence-electron chi connectivity index (χ3n) is 2.68. The molecule has 0 aliphatic heterocycles.